The number of aromatic nitrogens is 1. The first-order valence-corrected chi connectivity index (χ1v) is 6.70. The molecular formula is C13H6Cl4N2. The van der Waals surface area contributed by atoms with E-state index < -0.39 is 0 Å². The van der Waals surface area contributed by atoms with Gasteiger partial charge >= 0.3 is 0 Å². The zero-order valence-corrected chi connectivity index (χ0v) is 12.4. The highest BCUT2D eigenvalue weighted by atomic mass is 35.5. The first-order valence-electron chi connectivity index (χ1n) is 5.19. The maximum Gasteiger partial charge on any atom is 0.133 e. The summed E-state index contributed by atoms with van der Waals surface area (Å²) < 4.78 is 0. The van der Waals surface area contributed by atoms with Crippen molar-refractivity contribution in [3.63, 3.8) is 0 Å². The fraction of sp³-hybridized carbons (Fsp3) is 0.0769. The van der Waals surface area contributed by atoms with Gasteiger partial charge in [0.05, 0.1) is 27.6 Å². The normalized spacial score (nSPS) is 10.3. The molecule has 0 saturated heterocycles. The van der Waals surface area contributed by atoms with Crippen LogP contribution in [0.2, 0.25) is 20.2 Å². The minimum absolute atomic E-state index is 0.179. The molecule has 2 aromatic rings. The molecule has 0 N–H and O–H groups in total. The van der Waals surface area contributed by atoms with Crippen molar-refractivity contribution in [2.75, 3.05) is 0 Å². The Morgan fingerprint density at radius 3 is 2.37 bits per heavy atom. The summed E-state index contributed by atoms with van der Waals surface area (Å²) in [7, 11) is 0. The van der Waals surface area contributed by atoms with Crippen LogP contribution in [0.4, 0.5) is 0 Å². The summed E-state index contributed by atoms with van der Waals surface area (Å²) in [6.45, 7) is 0. The van der Waals surface area contributed by atoms with Crippen molar-refractivity contribution in [2.45, 2.75) is 6.42 Å². The molecule has 1 aromatic carbocycles. The van der Waals surface area contributed by atoms with Crippen LogP contribution in [0.3, 0.4) is 0 Å². The first-order chi connectivity index (χ1) is 9.02. The van der Waals surface area contributed by atoms with Gasteiger partial charge in [0.15, 0.2) is 0 Å². The molecule has 0 aliphatic heterocycles. The number of halogens is 4. The first kappa shape index (κ1) is 14.4. The number of nitrogens with zero attached hydrogens (tertiary/aromatic N) is 2. The third-order valence-corrected chi connectivity index (χ3v) is 3.88. The monoisotopic (exact) mass is 330 g/mol. The highest BCUT2D eigenvalue weighted by Crippen LogP contribution is 2.35. The molecule has 2 nitrogen and oxygen atoms in total. The maximum atomic E-state index is 8.74. The van der Waals surface area contributed by atoms with Crippen LogP contribution in [0.25, 0.3) is 11.1 Å². The van der Waals surface area contributed by atoms with Crippen LogP contribution in [-0.4, -0.2) is 4.98 Å². The fourth-order valence-electron chi connectivity index (χ4n) is 1.59. The van der Waals surface area contributed by atoms with Crippen LogP contribution in [-0.2, 0) is 6.42 Å². The summed E-state index contributed by atoms with van der Waals surface area (Å²) >= 11 is 23.9. The second kappa shape index (κ2) is 5.98. The van der Waals surface area contributed by atoms with E-state index in [4.69, 9.17) is 51.7 Å². The van der Waals surface area contributed by atoms with E-state index in [0.29, 0.717) is 31.3 Å². The summed E-state index contributed by atoms with van der Waals surface area (Å²) in [5.41, 5.74) is 2.07. The van der Waals surface area contributed by atoms with E-state index in [1.807, 2.05) is 6.07 Å². The minimum Gasteiger partial charge on any atom is -0.244 e. The van der Waals surface area contributed by atoms with Crippen molar-refractivity contribution in [3.05, 3.63) is 50.2 Å². The molecular weight excluding hydrogens is 326 g/mol. The van der Waals surface area contributed by atoms with Gasteiger partial charge in [0, 0.05) is 22.9 Å². The van der Waals surface area contributed by atoms with Crippen LogP contribution >= 0.6 is 46.4 Å². The van der Waals surface area contributed by atoms with Gasteiger partial charge in [0.1, 0.15) is 5.15 Å². The summed E-state index contributed by atoms with van der Waals surface area (Å²) in [5, 5.41) is 10.3. The molecule has 6 heteroatoms. The molecule has 0 saturated carbocycles. The van der Waals surface area contributed by atoms with Crippen molar-refractivity contribution >= 4 is 46.4 Å². The molecule has 0 bridgehead atoms. The molecule has 2 rings (SSSR count). The quantitative estimate of drug-likeness (QED) is 0.543. The van der Waals surface area contributed by atoms with E-state index in [2.05, 4.69) is 4.98 Å². The minimum atomic E-state index is 0.179. The van der Waals surface area contributed by atoms with Gasteiger partial charge < -0.3 is 0 Å². The lowest BCUT2D eigenvalue weighted by molar-refractivity contribution is 1.19. The molecule has 0 spiro atoms. The van der Waals surface area contributed by atoms with Gasteiger partial charge in [0.25, 0.3) is 0 Å². The number of hydrogen-bond donors (Lipinski definition) is 0. The second-order valence-electron chi connectivity index (χ2n) is 3.75. The molecule has 0 fully saturated rings. The van der Waals surface area contributed by atoms with E-state index in [-0.39, 0.29) is 6.42 Å². The molecule has 19 heavy (non-hydrogen) atoms. The van der Waals surface area contributed by atoms with E-state index in [0.717, 1.165) is 5.56 Å². The van der Waals surface area contributed by atoms with Crippen molar-refractivity contribution in [1.29, 1.82) is 5.26 Å². The smallest absolute Gasteiger partial charge is 0.133 e. The molecule has 1 heterocycles. The fourth-order valence-corrected chi connectivity index (χ4v) is 2.42. The number of benzene rings is 1. The van der Waals surface area contributed by atoms with Crippen LogP contribution in [0.1, 0.15) is 5.56 Å². The summed E-state index contributed by atoms with van der Waals surface area (Å²) in [5.74, 6) is 0. The zero-order chi connectivity index (χ0) is 14.0. The largest absolute Gasteiger partial charge is 0.244 e. The lowest BCUT2D eigenvalue weighted by atomic mass is 10.1. The average molecular weight is 332 g/mol. The molecule has 0 atom stereocenters. The van der Waals surface area contributed by atoms with Gasteiger partial charge in [-0.3, -0.25) is 0 Å². The Balaban J connectivity index is 2.57. The van der Waals surface area contributed by atoms with Crippen molar-refractivity contribution in [2.24, 2.45) is 0 Å². The topological polar surface area (TPSA) is 36.7 Å². The summed E-state index contributed by atoms with van der Waals surface area (Å²) in [6, 6.07) is 7.03. The van der Waals surface area contributed by atoms with Gasteiger partial charge in [0.2, 0.25) is 0 Å². The lowest BCUT2D eigenvalue weighted by Crippen LogP contribution is -1.90. The number of hydrogen-bond acceptors (Lipinski definition) is 2. The van der Waals surface area contributed by atoms with E-state index in [1.165, 1.54) is 0 Å². The Hall–Kier alpha value is -0.980. The van der Waals surface area contributed by atoms with Crippen molar-refractivity contribution in [1.82, 2.24) is 4.98 Å². The Bertz CT molecular complexity index is 677. The average Bonchev–Trinajstić information content (AvgIpc) is 2.37. The van der Waals surface area contributed by atoms with Gasteiger partial charge in [-0.25, -0.2) is 4.98 Å². The molecule has 0 radical (unpaired) electrons. The SMILES string of the molecule is N#CCc1cc(-c2cc(Cl)c(Cl)cc2Cl)cnc1Cl. The van der Waals surface area contributed by atoms with Gasteiger partial charge in [-0.15, -0.1) is 0 Å². The van der Waals surface area contributed by atoms with E-state index in [1.54, 1.807) is 24.4 Å². The maximum absolute atomic E-state index is 8.74. The Labute approximate surface area is 130 Å². The van der Waals surface area contributed by atoms with Gasteiger partial charge in [-0.05, 0) is 18.2 Å². The van der Waals surface area contributed by atoms with Gasteiger partial charge in [-0.2, -0.15) is 5.26 Å². The van der Waals surface area contributed by atoms with Crippen LogP contribution in [0.5, 0.6) is 0 Å². The third-order valence-electron chi connectivity index (χ3n) is 2.50. The molecule has 0 aliphatic carbocycles. The number of nitriles is 1. The summed E-state index contributed by atoms with van der Waals surface area (Å²) in [4.78, 5) is 4.05. The predicted molar refractivity (Wildman–Crippen MR) is 79.0 cm³/mol. The highest BCUT2D eigenvalue weighted by Gasteiger charge is 2.11. The number of pyridine rings is 1. The predicted octanol–water partition coefficient (Wildman–Crippen LogP) is 5.43. The van der Waals surface area contributed by atoms with Crippen LogP contribution in [0, 0.1) is 11.3 Å². The highest BCUT2D eigenvalue weighted by molar-refractivity contribution is 6.44. The van der Waals surface area contributed by atoms with E-state index in [9.17, 15) is 0 Å². The molecule has 1 aromatic heterocycles. The van der Waals surface area contributed by atoms with Gasteiger partial charge in [-0.1, -0.05) is 46.4 Å². The van der Waals surface area contributed by atoms with Crippen LogP contribution < -0.4 is 0 Å². The third kappa shape index (κ3) is 3.13. The Morgan fingerprint density at radius 1 is 1.00 bits per heavy atom. The van der Waals surface area contributed by atoms with Crippen molar-refractivity contribution < 1.29 is 0 Å². The molecule has 0 unspecified atom stereocenters. The van der Waals surface area contributed by atoms with Crippen LogP contribution in [0.15, 0.2) is 24.4 Å². The zero-order valence-electron chi connectivity index (χ0n) is 9.42. The number of rotatable bonds is 2. The lowest BCUT2D eigenvalue weighted by Gasteiger charge is -2.08. The molecule has 0 amide bonds. The van der Waals surface area contributed by atoms with E-state index >= 15 is 0 Å². The molecule has 0 aliphatic rings. The summed E-state index contributed by atoms with van der Waals surface area (Å²) in [6.07, 6.45) is 1.76. The second-order valence-corrected chi connectivity index (χ2v) is 5.33. The Kier molecular flexibility index (Phi) is 4.54. The standard InChI is InChI=1S/C13H6Cl4N2/c14-10-5-12(16)11(15)4-9(10)8-3-7(1-2-18)13(17)19-6-8/h3-6H,1H2. The molecule has 96 valence electrons. The Morgan fingerprint density at radius 2 is 1.68 bits per heavy atom. The van der Waals surface area contributed by atoms with Crippen molar-refractivity contribution in [3.8, 4) is 17.2 Å².